The van der Waals surface area contributed by atoms with E-state index in [4.69, 9.17) is 10.5 Å². The molecule has 21 heavy (non-hydrogen) atoms. The van der Waals surface area contributed by atoms with E-state index in [9.17, 15) is 9.90 Å². The van der Waals surface area contributed by atoms with Gasteiger partial charge in [0.05, 0.1) is 0 Å². The number of carbonyl (C=O) groups excluding carboxylic acids is 1. The van der Waals surface area contributed by atoms with Gasteiger partial charge >= 0.3 is 5.97 Å². The van der Waals surface area contributed by atoms with Gasteiger partial charge in [-0.15, -0.1) is 0 Å². The number of benzene rings is 2. The minimum atomic E-state index is -1.30. The van der Waals surface area contributed by atoms with Crippen LogP contribution in [0.2, 0.25) is 0 Å². The molecule has 3 rings (SSSR count). The molecule has 1 unspecified atom stereocenters. The van der Waals surface area contributed by atoms with Crippen molar-refractivity contribution >= 4 is 5.97 Å². The first-order chi connectivity index (χ1) is 10.1. The fourth-order valence-electron chi connectivity index (χ4n) is 2.47. The zero-order valence-corrected chi connectivity index (χ0v) is 11.5. The van der Waals surface area contributed by atoms with Crippen molar-refractivity contribution in [3.8, 4) is 0 Å². The fraction of sp³-hybridized carbons (Fsp3) is 0.235. The van der Waals surface area contributed by atoms with Gasteiger partial charge in [0.2, 0.25) is 0 Å². The highest BCUT2D eigenvalue weighted by Gasteiger charge is 2.56. The third-order valence-corrected chi connectivity index (χ3v) is 3.78. The van der Waals surface area contributed by atoms with E-state index < -0.39 is 17.8 Å². The Morgan fingerprint density at radius 1 is 1.14 bits per heavy atom. The molecule has 0 amide bonds. The Hall–Kier alpha value is -2.17. The molecule has 0 radical (unpaired) electrons. The maximum atomic E-state index is 12.0. The van der Waals surface area contributed by atoms with Crippen LogP contribution in [0.5, 0.6) is 0 Å². The Bertz CT molecular complexity index is 629. The van der Waals surface area contributed by atoms with Crippen LogP contribution >= 0.6 is 0 Å². The molecule has 0 aromatic heterocycles. The van der Waals surface area contributed by atoms with E-state index in [0.717, 1.165) is 5.56 Å². The maximum Gasteiger partial charge on any atom is 0.341 e. The van der Waals surface area contributed by atoms with E-state index in [-0.39, 0.29) is 5.92 Å². The third-order valence-electron chi connectivity index (χ3n) is 3.78. The van der Waals surface area contributed by atoms with Crippen LogP contribution in [0.3, 0.4) is 0 Å². The van der Waals surface area contributed by atoms with Crippen LogP contribution in [0.15, 0.2) is 60.7 Å². The SMILES string of the molecule is N[C@@]1(OC(=O)C(O)c2ccccc2)C[C@H]1c1ccccc1. The number of hydrogen-bond acceptors (Lipinski definition) is 4. The molecule has 0 bridgehead atoms. The first kappa shape index (κ1) is 13.8. The van der Waals surface area contributed by atoms with Crippen molar-refractivity contribution in [2.45, 2.75) is 24.2 Å². The maximum absolute atomic E-state index is 12.0. The summed E-state index contributed by atoms with van der Waals surface area (Å²) in [5.41, 5.74) is 6.63. The zero-order valence-electron chi connectivity index (χ0n) is 11.5. The zero-order chi connectivity index (χ0) is 14.9. The molecule has 1 saturated carbocycles. The topological polar surface area (TPSA) is 72.5 Å². The van der Waals surface area contributed by atoms with E-state index in [0.29, 0.717) is 12.0 Å². The van der Waals surface area contributed by atoms with Crippen molar-refractivity contribution in [1.29, 1.82) is 0 Å². The van der Waals surface area contributed by atoms with Crippen LogP contribution in [0.25, 0.3) is 0 Å². The lowest BCUT2D eigenvalue weighted by atomic mass is 10.1. The fourth-order valence-corrected chi connectivity index (χ4v) is 2.47. The molecule has 0 saturated heterocycles. The third kappa shape index (κ3) is 2.82. The van der Waals surface area contributed by atoms with E-state index >= 15 is 0 Å². The molecular formula is C17H17NO3. The highest BCUT2D eigenvalue weighted by atomic mass is 16.6. The number of aliphatic hydroxyl groups is 1. The number of aliphatic hydroxyl groups excluding tert-OH is 1. The summed E-state index contributed by atoms with van der Waals surface area (Å²) in [6, 6.07) is 18.4. The average Bonchev–Trinajstić information content (AvgIpc) is 3.19. The Labute approximate surface area is 123 Å². The highest BCUT2D eigenvalue weighted by molar-refractivity contribution is 5.77. The number of esters is 1. The lowest BCUT2D eigenvalue weighted by Crippen LogP contribution is -2.33. The Kier molecular flexibility index (Phi) is 3.49. The van der Waals surface area contributed by atoms with Gasteiger partial charge in [-0.1, -0.05) is 60.7 Å². The van der Waals surface area contributed by atoms with Crippen LogP contribution < -0.4 is 5.73 Å². The van der Waals surface area contributed by atoms with Crippen molar-refractivity contribution in [1.82, 2.24) is 0 Å². The molecule has 108 valence electrons. The summed E-state index contributed by atoms with van der Waals surface area (Å²) in [6.45, 7) is 0. The largest absolute Gasteiger partial charge is 0.441 e. The van der Waals surface area contributed by atoms with Crippen molar-refractivity contribution < 1.29 is 14.6 Å². The van der Waals surface area contributed by atoms with Gasteiger partial charge in [0.1, 0.15) is 0 Å². The summed E-state index contributed by atoms with van der Waals surface area (Å²) < 4.78 is 5.32. The molecule has 0 heterocycles. The van der Waals surface area contributed by atoms with Crippen molar-refractivity contribution in [2.24, 2.45) is 5.73 Å². The summed E-state index contributed by atoms with van der Waals surface area (Å²) in [4.78, 5) is 12.0. The summed E-state index contributed by atoms with van der Waals surface area (Å²) in [7, 11) is 0. The van der Waals surface area contributed by atoms with Gasteiger partial charge in [0, 0.05) is 12.3 Å². The van der Waals surface area contributed by atoms with E-state index in [2.05, 4.69) is 0 Å². The Morgan fingerprint density at radius 2 is 1.71 bits per heavy atom. The normalized spacial score (nSPS) is 25.1. The quantitative estimate of drug-likeness (QED) is 0.666. The van der Waals surface area contributed by atoms with Gasteiger partial charge in [-0.3, -0.25) is 5.73 Å². The van der Waals surface area contributed by atoms with Gasteiger partial charge < -0.3 is 9.84 Å². The molecule has 1 aliphatic carbocycles. The predicted molar refractivity (Wildman–Crippen MR) is 78.2 cm³/mol. The van der Waals surface area contributed by atoms with Crippen LogP contribution in [0, 0.1) is 0 Å². The van der Waals surface area contributed by atoms with Crippen LogP contribution in [-0.4, -0.2) is 16.8 Å². The first-order valence-electron chi connectivity index (χ1n) is 6.90. The smallest absolute Gasteiger partial charge is 0.341 e. The Balaban J connectivity index is 1.66. The highest BCUT2D eigenvalue weighted by Crippen LogP contribution is 2.50. The molecule has 1 aliphatic rings. The molecule has 0 aliphatic heterocycles. The molecule has 1 fully saturated rings. The number of rotatable bonds is 4. The van der Waals surface area contributed by atoms with Gasteiger partial charge in [0.25, 0.3) is 0 Å². The molecule has 4 heteroatoms. The van der Waals surface area contributed by atoms with Crippen LogP contribution in [0.1, 0.15) is 29.6 Å². The summed E-state index contributed by atoms with van der Waals surface area (Å²) >= 11 is 0. The monoisotopic (exact) mass is 283 g/mol. The van der Waals surface area contributed by atoms with Gasteiger partial charge in [0.15, 0.2) is 11.8 Å². The summed E-state index contributed by atoms with van der Waals surface area (Å²) in [5, 5.41) is 10.0. The van der Waals surface area contributed by atoms with E-state index in [1.54, 1.807) is 24.3 Å². The predicted octanol–water partition coefficient (Wildman–Crippen LogP) is 2.11. The lowest BCUT2D eigenvalue weighted by molar-refractivity contribution is -0.161. The lowest BCUT2D eigenvalue weighted by Gasteiger charge is -2.17. The molecule has 0 spiro atoms. The standard InChI is InChI=1S/C17H17NO3/c18-17(11-14(17)12-7-3-1-4-8-12)21-16(20)15(19)13-9-5-2-6-10-13/h1-10,14-15,19H,11,18H2/t14-,15?,17+/m0/s1. The summed E-state index contributed by atoms with van der Waals surface area (Å²) in [6.07, 6.45) is -0.729. The van der Waals surface area contributed by atoms with Crippen molar-refractivity contribution in [3.05, 3.63) is 71.8 Å². The molecule has 2 aromatic rings. The number of nitrogens with two attached hydrogens (primary N) is 1. The van der Waals surface area contributed by atoms with Crippen molar-refractivity contribution in [2.75, 3.05) is 0 Å². The number of hydrogen-bond donors (Lipinski definition) is 2. The Morgan fingerprint density at radius 3 is 2.33 bits per heavy atom. The van der Waals surface area contributed by atoms with Crippen LogP contribution in [-0.2, 0) is 9.53 Å². The van der Waals surface area contributed by atoms with E-state index in [1.165, 1.54) is 0 Å². The first-order valence-corrected chi connectivity index (χ1v) is 6.90. The van der Waals surface area contributed by atoms with Gasteiger partial charge in [-0.05, 0) is 11.1 Å². The molecule has 2 aromatic carbocycles. The van der Waals surface area contributed by atoms with E-state index in [1.807, 2.05) is 36.4 Å². The minimum absolute atomic E-state index is 0.00868. The van der Waals surface area contributed by atoms with Crippen molar-refractivity contribution in [3.63, 3.8) is 0 Å². The number of ether oxygens (including phenoxy) is 1. The van der Waals surface area contributed by atoms with Crippen LogP contribution in [0.4, 0.5) is 0 Å². The molecule has 3 atom stereocenters. The molecule has 3 N–H and O–H groups in total. The summed E-state index contributed by atoms with van der Waals surface area (Å²) in [5.74, 6) is -0.715. The number of carbonyl (C=O) groups is 1. The average molecular weight is 283 g/mol. The second kappa shape index (κ2) is 5.31. The second-order valence-corrected chi connectivity index (χ2v) is 5.36. The van der Waals surface area contributed by atoms with Gasteiger partial charge in [-0.2, -0.15) is 0 Å². The molecular weight excluding hydrogens is 266 g/mol. The van der Waals surface area contributed by atoms with Gasteiger partial charge in [-0.25, -0.2) is 4.79 Å². The molecule has 4 nitrogen and oxygen atoms in total. The minimum Gasteiger partial charge on any atom is -0.441 e. The second-order valence-electron chi connectivity index (χ2n) is 5.36.